The summed E-state index contributed by atoms with van der Waals surface area (Å²) in [6.45, 7) is 0. The molecule has 3 heterocycles. The van der Waals surface area contributed by atoms with Crippen molar-refractivity contribution in [3.05, 3.63) is 36.1 Å². The Balaban J connectivity index is 2.01. The van der Waals surface area contributed by atoms with Crippen molar-refractivity contribution in [2.24, 2.45) is 14.1 Å². The van der Waals surface area contributed by atoms with Gasteiger partial charge in [-0.15, -0.1) is 11.3 Å². The molecule has 5 heteroatoms. The smallest absolute Gasteiger partial charge is 0.127 e. The van der Waals surface area contributed by atoms with Gasteiger partial charge in [0.2, 0.25) is 0 Å². The minimum Gasteiger partial charge on any atom is -0.349 e. The first kappa shape index (κ1) is 10.3. The monoisotopic (exact) mass is 244 g/mol. The Labute approximate surface area is 103 Å². The van der Waals surface area contributed by atoms with Crippen molar-refractivity contribution in [1.82, 2.24) is 19.3 Å². The van der Waals surface area contributed by atoms with E-state index in [9.17, 15) is 0 Å². The summed E-state index contributed by atoms with van der Waals surface area (Å²) in [5.41, 5.74) is 3.22. The Hall–Kier alpha value is -1.88. The van der Waals surface area contributed by atoms with Gasteiger partial charge < -0.3 is 4.57 Å². The Morgan fingerprint density at radius 2 is 2.18 bits per heavy atom. The fourth-order valence-electron chi connectivity index (χ4n) is 1.78. The van der Waals surface area contributed by atoms with Crippen molar-refractivity contribution < 1.29 is 0 Å². The van der Waals surface area contributed by atoms with Crippen molar-refractivity contribution in [2.75, 3.05) is 0 Å². The first-order chi connectivity index (χ1) is 8.24. The SMILES string of the molecule is Cn1cc(-c2nc(-c3cccn3C)cs2)cn1. The lowest BCUT2D eigenvalue weighted by atomic mass is 10.3. The fraction of sp³-hybridized carbons (Fsp3) is 0.167. The van der Waals surface area contributed by atoms with Crippen molar-refractivity contribution in [3.8, 4) is 22.0 Å². The Morgan fingerprint density at radius 3 is 2.82 bits per heavy atom. The predicted molar refractivity (Wildman–Crippen MR) is 68.7 cm³/mol. The third-order valence-electron chi connectivity index (χ3n) is 2.66. The minimum absolute atomic E-state index is 1.01. The van der Waals surface area contributed by atoms with Crippen LogP contribution in [-0.4, -0.2) is 19.3 Å². The summed E-state index contributed by atoms with van der Waals surface area (Å²) in [6, 6.07) is 4.10. The summed E-state index contributed by atoms with van der Waals surface area (Å²) in [4.78, 5) is 4.64. The zero-order chi connectivity index (χ0) is 11.8. The maximum Gasteiger partial charge on any atom is 0.127 e. The summed E-state index contributed by atoms with van der Waals surface area (Å²) in [7, 11) is 3.94. The number of nitrogens with zero attached hydrogens (tertiary/aromatic N) is 4. The highest BCUT2D eigenvalue weighted by molar-refractivity contribution is 7.13. The van der Waals surface area contributed by atoms with Gasteiger partial charge in [-0.1, -0.05) is 0 Å². The number of rotatable bonds is 2. The number of thiazole rings is 1. The van der Waals surface area contributed by atoms with E-state index in [0.717, 1.165) is 22.0 Å². The first-order valence-corrected chi connectivity index (χ1v) is 6.18. The average Bonchev–Trinajstić information content (AvgIpc) is 2.97. The topological polar surface area (TPSA) is 35.6 Å². The highest BCUT2D eigenvalue weighted by atomic mass is 32.1. The van der Waals surface area contributed by atoms with E-state index in [1.54, 1.807) is 16.0 Å². The van der Waals surface area contributed by atoms with Gasteiger partial charge in [0.15, 0.2) is 0 Å². The number of hydrogen-bond acceptors (Lipinski definition) is 3. The lowest BCUT2D eigenvalue weighted by molar-refractivity contribution is 0.768. The molecule has 86 valence electrons. The number of hydrogen-bond donors (Lipinski definition) is 0. The minimum atomic E-state index is 1.01. The van der Waals surface area contributed by atoms with Crippen molar-refractivity contribution >= 4 is 11.3 Å². The normalized spacial score (nSPS) is 10.9. The van der Waals surface area contributed by atoms with Crippen LogP contribution in [-0.2, 0) is 14.1 Å². The lowest BCUT2D eigenvalue weighted by Crippen LogP contribution is -1.89. The summed E-state index contributed by atoms with van der Waals surface area (Å²) < 4.78 is 3.86. The van der Waals surface area contributed by atoms with Crippen LogP contribution in [0.4, 0.5) is 0 Å². The maximum atomic E-state index is 4.64. The van der Waals surface area contributed by atoms with Gasteiger partial charge in [0.25, 0.3) is 0 Å². The molecule has 3 rings (SSSR count). The van der Waals surface area contributed by atoms with Gasteiger partial charge in [-0.05, 0) is 12.1 Å². The largest absolute Gasteiger partial charge is 0.349 e. The molecular weight excluding hydrogens is 232 g/mol. The predicted octanol–water partition coefficient (Wildman–Crippen LogP) is 2.55. The molecule has 0 atom stereocenters. The van der Waals surface area contributed by atoms with E-state index in [0.29, 0.717) is 0 Å². The maximum absolute atomic E-state index is 4.64. The molecule has 0 aliphatic heterocycles. The summed E-state index contributed by atoms with van der Waals surface area (Å²) in [5.74, 6) is 0. The fourth-order valence-corrected chi connectivity index (χ4v) is 2.57. The van der Waals surface area contributed by atoms with E-state index in [4.69, 9.17) is 0 Å². The molecular formula is C12H12N4S. The van der Waals surface area contributed by atoms with E-state index in [-0.39, 0.29) is 0 Å². The van der Waals surface area contributed by atoms with Crippen molar-refractivity contribution in [2.45, 2.75) is 0 Å². The van der Waals surface area contributed by atoms with Gasteiger partial charge >= 0.3 is 0 Å². The van der Waals surface area contributed by atoms with Crippen LogP contribution in [0.1, 0.15) is 0 Å². The molecule has 0 spiro atoms. The Bertz CT molecular complexity index is 647. The second-order valence-corrected chi connectivity index (χ2v) is 4.80. The summed E-state index contributed by atoms with van der Waals surface area (Å²) in [6.07, 6.45) is 5.85. The van der Waals surface area contributed by atoms with Crippen LogP contribution in [0.3, 0.4) is 0 Å². The van der Waals surface area contributed by atoms with Crippen LogP contribution in [0, 0.1) is 0 Å². The molecule has 0 aromatic carbocycles. The molecule has 0 radical (unpaired) electrons. The van der Waals surface area contributed by atoms with E-state index < -0.39 is 0 Å². The average molecular weight is 244 g/mol. The molecule has 0 bridgehead atoms. The molecule has 0 aliphatic carbocycles. The quantitative estimate of drug-likeness (QED) is 0.694. The molecule has 3 aromatic heterocycles. The molecule has 4 nitrogen and oxygen atoms in total. The molecule has 0 N–H and O–H groups in total. The van der Waals surface area contributed by atoms with E-state index in [1.807, 2.05) is 38.8 Å². The third kappa shape index (κ3) is 1.78. The van der Waals surface area contributed by atoms with Gasteiger partial charge in [0.05, 0.1) is 17.6 Å². The van der Waals surface area contributed by atoms with Gasteiger partial charge in [-0.25, -0.2) is 4.98 Å². The molecule has 3 aromatic rings. The van der Waals surface area contributed by atoms with Crippen LogP contribution in [0.25, 0.3) is 22.0 Å². The summed E-state index contributed by atoms with van der Waals surface area (Å²) in [5, 5.41) is 7.25. The zero-order valence-corrected chi connectivity index (χ0v) is 10.5. The molecule has 0 saturated carbocycles. The number of aromatic nitrogens is 4. The van der Waals surface area contributed by atoms with Crippen LogP contribution in [0.15, 0.2) is 36.1 Å². The zero-order valence-electron chi connectivity index (χ0n) is 9.66. The van der Waals surface area contributed by atoms with Crippen LogP contribution in [0.2, 0.25) is 0 Å². The Kier molecular flexibility index (Phi) is 2.33. The third-order valence-corrected chi connectivity index (χ3v) is 3.55. The highest BCUT2D eigenvalue weighted by Gasteiger charge is 2.09. The second kappa shape index (κ2) is 3.85. The van der Waals surface area contributed by atoms with Gasteiger partial charge in [0.1, 0.15) is 5.01 Å². The number of aryl methyl sites for hydroxylation is 2. The molecule has 0 fully saturated rings. The lowest BCUT2D eigenvalue weighted by Gasteiger charge is -1.97. The van der Waals surface area contributed by atoms with Crippen molar-refractivity contribution in [1.29, 1.82) is 0 Å². The van der Waals surface area contributed by atoms with Crippen molar-refractivity contribution in [3.63, 3.8) is 0 Å². The Morgan fingerprint density at radius 1 is 1.29 bits per heavy atom. The molecule has 0 unspecified atom stereocenters. The molecule has 0 amide bonds. The van der Waals surface area contributed by atoms with Gasteiger partial charge in [-0.2, -0.15) is 5.10 Å². The van der Waals surface area contributed by atoms with E-state index in [1.165, 1.54) is 0 Å². The highest BCUT2D eigenvalue weighted by Crippen LogP contribution is 2.28. The van der Waals surface area contributed by atoms with E-state index >= 15 is 0 Å². The molecule has 17 heavy (non-hydrogen) atoms. The van der Waals surface area contributed by atoms with Crippen LogP contribution in [0.5, 0.6) is 0 Å². The van der Waals surface area contributed by atoms with Gasteiger partial charge in [-0.3, -0.25) is 4.68 Å². The van der Waals surface area contributed by atoms with E-state index in [2.05, 4.69) is 26.1 Å². The second-order valence-electron chi connectivity index (χ2n) is 3.94. The molecule has 0 saturated heterocycles. The van der Waals surface area contributed by atoms with Crippen LogP contribution < -0.4 is 0 Å². The first-order valence-electron chi connectivity index (χ1n) is 5.30. The molecule has 0 aliphatic rings. The summed E-state index contributed by atoms with van der Waals surface area (Å²) >= 11 is 1.65. The standard InChI is InChI=1S/C12H12N4S/c1-15-5-3-4-11(15)10-8-17-12(14-10)9-6-13-16(2)7-9/h3-8H,1-2H3. The van der Waals surface area contributed by atoms with Crippen LogP contribution >= 0.6 is 11.3 Å². The van der Waals surface area contributed by atoms with Gasteiger partial charge in [0, 0.05) is 37.4 Å².